The first-order chi connectivity index (χ1) is 15.9. The van der Waals surface area contributed by atoms with Gasteiger partial charge in [-0.05, 0) is 52.3 Å². The summed E-state index contributed by atoms with van der Waals surface area (Å²) >= 11 is 0. The number of esters is 2. The van der Waals surface area contributed by atoms with Crippen molar-refractivity contribution in [3.8, 4) is 11.5 Å². The molecule has 1 aromatic carbocycles. The van der Waals surface area contributed by atoms with E-state index in [1.807, 2.05) is 20.8 Å². The van der Waals surface area contributed by atoms with Crippen molar-refractivity contribution < 1.29 is 33.6 Å². The molecular formula is C25H36N2O7. The number of aliphatic hydroxyl groups is 1. The lowest BCUT2D eigenvalue weighted by atomic mass is 9.80. The molecule has 0 saturated heterocycles. The second kappa shape index (κ2) is 11.4. The zero-order valence-electron chi connectivity index (χ0n) is 21.2. The van der Waals surface area contributed by atoms with E-state index in [0.29, 0.717) is 46.1 Å². The molecule has 1 aliphatic heterocycles. The van der Waals surface area contributed by atoms with Crippen LogP contribution in [-0.2, 0) is 19.1 Å². The molecule has 34 heavy (non-hydrogen) atoms. The van der Waals surface area contributed by atoms with Gasteiger partial charge < -0.3 is 34.7 Å². The highest BCUT2D eigenvalue weighted by atomic mass is 16.5. The van der Waals surface area contributed by atoms with Crippen LogP contribution in [0.4, 0.5) is 0 Å². The number of nitrogens with one attached hydrogen (secondary N) is 2. The highest BCUT2D eigenvalue weighted by Crippen LogP contribution is 2.41. The molecule has 1 atom stereocenters. The summed E-state index contributed by atoms with van der Waals surface area (Å²) in [5.74, 6) is -1.02. The predicted molar refractivity (Wildman–Crippen MR) is 128 cm³/mol. The van der Waals surface area contributed by atoms with Crippen molar-refractivity contribution in [2.45, 2.75) is 52.2 Å². The zero-order valence-corrected chi connectivity index (χ0v) is 21.2. The molecule has 1 aliphatic rings. The third kappa shape index (κ3) is 6.51. The van der Waals surface area contributed by atoms with Crippen LogP contribution < -0.4 is 20.1 Å². The summed E-state index contributed by atoms with van der Waals surface area (Å²) in [6, 6.07) is 5.15. The van der Waals surface area contributed by atoms with E-state index >= 15 is 0 Å². The zero-order chi connectivity index (χ0) is 25.6. The number of β-amino-alcohol motifs (C(OH)–C–C–N with tert-alkyl or cyclic N) is 1. The summed E-state index contributed by atoms with van der Waals surface area (Å²) in [7, 11) is 4.08. The summed E-state index contributed by atoms with van der Waals surface area (Å²) < 4.78 is 21.3. The highest BCUT2D eigenvalue weighted by molar-refractivity contribution is 5.99. The molecule has 1 unspecified atom stereocenters. The van der Waals surface area contributed by atoms with Gasteiger partial charge in [-0.15, -0.1) is 0 Å². The number of allylic oxidation sites excluding steroid dienone is 2. The summed E-state index contributed by atoms with van der Waals surface area (Å²) in [6.45, 7) is 9.97. The smallest absolute Gasteiger partial charge is 0.336 e. The number of benzene rings is 1. The average molecular weight is 477 g/mol. The van der Waals surface area contributed by atoms with Crippen LogP contribution in [0.15, 0.2) is 40.7 Å². The number of ether oxygens (including phenoxy) is 4. The molecule has 3 N–H and O–H groups in total. The fourth-order valence-electron chi connectivity index (χ4n) is 3.74. The first kappa shape index (κ1) is 27.2. The highest BCUT2D eigenvalue weighted by Gasteiger charge is 2.38. The predicted octanol–water partition coefficient (Wildman–Crippen LogP) is 2.40. The fraction of sp³-hybridized carbons (Fsp3) is 0.520. The van der Waals surface area contributed by atoms with E-state index in [4.69, 9.17) is 18.9 Å². The van der Waals surface area contributed by atoms with E-state index in [2.05, 4.69) is 10.6 Å². The molecular weight excluding hydrogens is 440 g/mol. The quantitative estimate of drug-likeness (QED) is 0.462. The van der Waals surface area contributed by atoms with E-state index < -0.39 is 24.0 Å². The Morgan fingerprint density at radius 2 is 1.59 bits per heavy atom. The Morgan fingerprint density at radius 3 is 2.06 bits per heavy atom. The van der Waals surface area contributed by atoms with Crippen molar-refractivity contribution in [1.82, 2.24) is 10.6 Å². The maximum absolute atomic E-state index is 12.7. The van der Waals surface area contributed by atoms with Crippen LogP contribution in [0.3, 0.4) is 0 Å². The SMILES string of the molecule is COC(=O)C1=C(C)NC(C)=C(C(=O)OC)C1c1ccc(OCC(O)CNC(C)(C)C)c(OC)c1. The lowest BCUT2D eigenvalue weighted by Gasteiger charge is -2.30. The van der Waals surface area contributed by atoms with E-state index in [1.165, 1.54) is 21.3 Å². The van der Waals surface area contributed by atoms with Crippen molar-refractivity contribution >= 4 is 11.9 Å². The third-order valence-electron chi connectivity index (χ3n) is 5.39. The van der Waals surface area contributed by atoms with E-state index in [1.54, 1.807) is 32.0 Å². The van der Waals surface area contributed by atoms with Crippen molar-refractivity contribution in [2.75, 3.05) is 34.5 Å². The minimum Gasteiger partial charge on any atom is -0.493 e. The van der Waals surface area contributed by atoms with Gasteiger partial charge in [0.1, 0.15) is 12.7 Å². The number of aliphatic hydroxyl groups excluding tert-OH is 1. The second-order valence-electron chi connectivity index (χ2n) is 9.12. The molecule has 188 valence electrons. The standard InChI is InChI=1S/C25H36N2O7/c1-14-20(23(29)32-7)22(21(15(2)27-14)24(30)33-8)16-9-10-18(19(11-16)31-6)34-13-17(28)12-26-25(3,4)5/h9-11,17,22,26-28H,12-13H2,1-8H3. The average Bonchev–Trinajstić information content (AvgIpc) is 2.79. The lowest BCUT2D eigenvalue weighted by Crippen LogP contribution is -2.42. The number of dihydropyridines is 1. The van der Waals surface area contributed by atoms with E-state index in [9.17, 15) is 14.7 Å². The number of rotatable bonds is 9. The Morgan fingerprint density at radius 1 is 1.03 bits per heavy atom. The fourth-order valence-corrected chi connectivity index (χ4v) is 3.74. The summed E-state index contributed by atoms with van der Waals surface area (Å²) in [6.07, 6.45) is -0.721. The molecule has 0 fully saturated rings. The third-order valence-corrected chi connectivity index (χ3v) is 5.39. The Labute approximate surface area is 201 Å². The Kier molecular flexibility index (Phi) is 9.12. The number of carbonyl (C=O) groups excluding carboxylic acids is 2. The van der Waals surface area contributed by atoms with Gasteiger partial charge in [0.15, 0.2) is 11.5 Å². The van der Waals surface area contributed by atoms with Gasteiger partial charge in [0.25, 0.3) is 0 Å². The summed E-state index contributed by atoms with van der Waals surface area (Å²) in [4.78, 5) is 25.3. The normalized spacial score (nSPS) is 15.6. The van der Waals surface area contributed by atoms with Gasteiger partial charge in [0.05, 0.1) is 38.4 Å². The molecule has 0 aromatic heterocycles. The van der Waals surface area contributed by atoms with Crippen LogP contribution in [0, 0.1) is 0 Å². The van der Waals surface area contributed by atoms with Gasteiger partial charge in [-0.3, -0.25) is 0 Å². The molecule has 0 radical (unpaired) electrons. The number of methoxy groups -OCH3 is 3. The molecule has 0 aliphatic carbocycles. The number of hydrogen-bond donors (Lipinski definition) is 3. The largest absolute Gasteiger partial charge is 0.493 e. The van der Waals surface area contributed by atoms with Crippen molar-refractivity contribution in [3.63, 3.8) is 0 Å². The molecule has 0 bridgehead atoms. The molecule has 0 amide bonds. The van der Waals surface area contributed by atoms with Gasteiger partial charge in [0, 0.05) is 23.5 Å². The van der Waals surface area contributed by atoms with Crippen LogP contribution in [-0.4, -0.2) is 63.2 Å². The van der Waals surface area contributed by atoms with Gasteiger partial charge in [0.2, 0.25) is 0 Å². The molecule has 2 rings (SSSR count). The van der Waals surface area contributed by atoms with Crippen molar-refractivity contribution in [1.29, 1.82) is 0 Å². The Balaban J connectivity index is 2.40. The number of carbonyl (C=O) groups is 2. The maximum Gasteiger partial charge on any atom is 0.336 e. The molecule has 0 saturated carbocycles. The molecule has 9 heteroatoms. The monoisotopic (exact) mass is 476 g/mol. The lowest BCUT2D eigenvalue weighted by molar-refractivity contribution is -0.137. The van der Waals surface area contributed by atoms with Gasteiger partial charge in [-0.2, -0.15) is 0 Å². The Bertz CT molecular complexity index is 938. The van der Waals surface area contributed by atoms with E-state index in [-0.39, 0.29) is 12.1 Å². The first-order valence-electron chi connectivity index (χ1n) is 11.0. The maximum atomic E-state index is 12.7. The summed E-state index contributed by atoms with van der Waals surface area (Å²) in [5, 5.41) is 16.5. The van der Waals surface area contributed by atoms with Crippen LogP contribution in [0.1, 0.15) is 46.1 Å². The van der Waals surface area contributed by atoms with Gasteiger partial charge in [-0.25, -0.2) is 9.59 Å². The Hall–Kier alpha value is -3.04. The molecule has 1 heterocycles. The second-order valence-corrected chi connectivity index (χ2v) is 9.12. The topological polar surface area (TPSA) is 115 Å². The van der Waals surface area contributed by atoms with Gasteiger partial charge in [-0.1, -0.05) is 6.07 Å². The first-order valence-corrected chi connectivity index (χ1v) is 11.0. The van der Waals surface area contributed by atoms with Crippen LogP contribution in [0.25, 0.3) is 0 Å². The summed E-state index contributed by atoms with van der Waals surface area (Å²) in [5.41, 5.74) is 2.26. The number of hydrogen-bond acceptors (Lipinski definition) is 9. The van der Waals surface area contributed by atoms with Crippen LogP contribution in [0.2, 0.25) is 0 Å². The molecule has 9 nitrogen and oxygen atoms in total. The van der Waals surface area contributed by atoms with Crippen molar-refractivity contribution in [3.05, 3.63) is 46.3 Å². The van der Waals surface area contributed by atoms with Crippen molar-refractivity contribution in [2.24, 2.45) is 0 Å². The molecule has 0 spiro atoms. The molecule has 1 aromatic rings. The minimum absolute atomic E-state index is 0.0605. The van der Waals surface area contributed by atoms with E-state index in [0.717, 1.165) is 0 Å². The van der Waals surface area contributed by atoms with Gasteiger partial charge >= 0.3 is 11.9 Å². The minimum atomic E-state index is -0.731. The van der Waals surface area contributed by atoms with Crippen LogP contribution >= 0.6 is 0 Å². The van der Waals surface area contributed by atoms with Crippen LogP contribution in [0.5, 0.6) is 11.5 Å².